The third kappa shape index (κ3) is 2.34. The Morgan fingerprint density at radius 1 is 1.50 bits per heavy atom. The van der Waals surface area contributed by atoms with Gasteiger partial charge in [-0.2, -0.15) is 0 Å². The third-order valence-electron chi connectivity index (χ3n) is 4.01. The molecule has 2 aliphatic rings. The second kappa shape index (κ2) is 4.40. The maximum Gasteiger partial charge on any atom is 0.223 e. The number of carbonyl (C=O) groups is 2. The molecule has 2 rings (SSSR count). The van der Waals surface area contributed by atoms with Crippen molar-refractivity contribution in [1.82, 2.24) is 5.32 Å². The first-order valence-corrected chi connectivity index (χ1v) is 6.05. The summed E-state index contributed by atoms with van der Waals surface area (Å²) in [4.78, 5) is 22.2. The second-order valence-electron chi connectivity index (χ2n) is 5.02. The first-order chi connectivity index (χ1) is 7.66. The van der Waals surface area contributed by atoms with Gasteiger partial charge in [0.15, 0.2) is 0 Å². The van der Waals surface area contributed by atoms with Crippen molar-refractivity contribution in [2.24, 2.45) is 11.3 Å². The lowest BCUT2D eigenvalue weighted by Gasteiger charge is -2.20. The SMILES string of the molecule is CNC(=O)C/C=C/C1CC12CCC(=O)CC2. The molecule has 1 N–H and O–H groups in total. The smallest absolute Gasteiger partial charge is 0.223 e. The van der Waals surface area contributed by atoms with E-state index >= 15 is 0 Å². The fraction of sp³-hybridized carbons (Fsp3) is 0.692. The number of nitrogens with one attached hydrogen (secondary N) is 1. The molecule has 1 spiro atoms. The summed E-state index contributed by atoms with van der Waals surface area (Å²) < 4.78 is 0. The van der Waals surface area contributed by atoms with Gasteiger partial charge in [-0.3, -0.25) is 9.59 Å². The molecule has 0 saturated heterocycles. The summed E-state index contributed by atoms with van der Waals surface area (Å²) in [6, 6.07) is 0. The lowest BCUT2D eigenvalue weighted by Crippen LogP contribution is -2.16. The van der Waals surface area contributed by atoms with Gasteiger partial charge in [0.25, 0.3) is 0 Å². The van der Waals surface area contributed by atoms with Crippen molar-refractivity contribution < 1.29 is 9.59 Å². The van der Waals surface area contributed by atoms with Crippen LogP contribution in [0.3, 0.4) is 0 Å². The van der Waals surface area contributed by atoms with Crippen molar-refractivity contribution in [3.05, 3.63) is 12.2 Å². The monoisotopic (exact) mass is 221 g/mol. The molecule has 3 nitrogen and oxygen atoms in total. The van der Waals surface area contributed by atoms with Gasteiger partial charge in [-0.1, -0.05) is 12.2 Å². The highest BCUT2D eigenvalue weighted by Crippen LogP contribution is 2.61. The molecule has 2 aliphatic carbocycles. The summed E-state index contributed by atoms with van der Waals surface area (Å²) in [5, 5.41) is 2.60. The molecule has 0 aromatic heterocycles. The first kappa shape index (κ1) is 11.4. The highest BCUT2D eigenvalue weighted by Gasteiger charge is 2.53. The minimum Gasteiger partial charge on any atom is -0.359 e. The van der Waals surface area contributed by atoms with E-state index < -0.39 is 0 Å². The number of amides is 1. The highest BCUT2D eigenvalue weighted by atomic mass is 16.1. The zero-order valence-corrected chi connectivity index (χ0v) is 9.79. The molecule has 0 heterocycles. The second-order valence-corrected chi connectivity index (χ2v) is 5.02. The van der Waals surface area contributed by atoms with Crippen molar-refractivity contribution in [2.45, 2.75) is 38.5 Å². The average molecular weight is 221 g/mol. The lowest BCUT2D eigenvalue weighted by atomic mass is 9.83. The van der Waals surface area contributed by atoms with Gasteiger partial charge in [-0.15, -0.1) is 0 Å². The van der Waals surface area contributed by atoms with E-state index in [4.69, 9.17) is 0 Å². The Balaban J connectivity index is 1.78. The summed E-state index contributed by atoms with van der Waals surface area (Å²) in [5.41, 5.74) is 0.424. The minimum absolute atomic E-state index is 0.0600. The van der Waals surface area contributed by atoms with Gasteiger partial charge in [0, 0.05) is 26.3 Å². The van der Waals surface area contributed by atoms with Gasteiger partial charge in [-0.05, 0) is 30.6 Å². The van der Waals surface area contributed by atoms with Gasteiger partial charge in [0.1, 0.15) is 5.78 Å². The maximum absolute atomic E-state index is 11.2. The molecule has 1 amide bonds. The fourth-order valence-corrected chi connectivity index (χ4v) is 2.69. The lowest BCUT2D eigenvalue weighted by molar-refractivity contribution is -0.121. The molecule has 0 aromatic rings. The van der Waals surface area contributed by atoms with Crippen LogP contribution in [0.4, 0.5) is 0 Å². The predicted molar refractivity (Wildman–Crippen MR) is 61.8 cm³/mol. The molecule has 0 bridgehead atoms. The van der Waals surface area contributed by atoms with E-state index in [-0.39, 0.29) is 5.91 Å². The van der Waals surface area contributed by atoms with Gasteiger partial charge < -0.3 is 5.32 Å². The van der Waals surface area contributed by atoms with Crippen LogP contribution < -0.4 is 5.32 Å². The highest BCUT2D eigenvalue weighted by molar-refractivity contribution is 5.79. The van der Waals surface area contributed by atoms with Gasteiger partial charge >= 0.3 is 0 Å². The van der Waals surface area contributed by atoms with Gasteiger partial charge in [0.2, 0.25) is 5.91 Å². The molecule has 2 saturated carbocycles. The summed E-state index contributed by atoms with van der Waals surface area (Å²) in [5.74, 6) is 1.10. The number of Topliss-reactive ketones (excluding diaryl/α,β-unsaturated/α-hetero) is 1. The van der Waals surface area contributed by atoms with Crippen LogP contribution in [0.25, 0.3) is 0 Å². The summed E-state index contributed by atoms with van der Waals surface area (Å²) in [6.07, 6.45) is 9.47. The Labute approximate surface area is 96.3 Å². The Morgan fingerprint density at radius 2 is 2.19 bits per heavy atom. The van der Waals surface area contributed by atoms with E-state index in [1.807, 2.05) is 6.08 Å². The van der Waals surface area contributed by atoms with Crippen LogP contribution in [0, 0.1) is 11.3 Å². The van der Waals surface area contributed by atoms with Crippen LogP contribution in [0.5, 0.6) is 0 Å². The van der Waals surface area contributed by atoms with Crippen LogP contribution in [0.1, 0.15) is 38.5 Å². The Hall–Kier alpha value is -1.12. The molecule has 16 heavy (non-hydrogen) atoms. The molecule has 1 unspecified atom stereocenters. The minimum atomic E-state index is 0.0600. The van der Waals surface area contributed by atoms with Crippen LogP contribution in [0.2, 0.25) is 0 Å². The molecule has 0 aliphatic heterocycles. The summed E-state index contributed by atoms with van der Waals surface area (Å²) in [7, 11) is 1.65. The largest absolute Gasteiger partial charge is 0.359 e. The quantitative estimate of drug-likeness (QED) is 0.739. The molecule has 1 atom stereocenters. The van der Waals surface area contributed by atoms with Crippen molar-refractivity contribution in [2.75, 3.05) is 7.05 Å². The van der Waals surface area contributed by atoms with Crippen LogP contribution in [-0.2, 0) is 9.59 Å². The topological polar surface area (TPSA) is 46.2 Å². The fourth-order valence-electron chi connectivity index (χ4n) is 2.69. The summed E-state index contributed by atoms with van der Waals surface area (Å²) >= 11 is 0. The number of hydrogen-bond donors (Lipinski definition) is 1. The molecule has 0 radical (unpaired) electrons. The van der Waals surface area contributed by atoms with Crippen molar-refractivity contribution in [1.29, 1.82) is 0 Å². The molecular formula is C13H19NO2. The molecule has 2 fully saturated rings. The van der Waals surface area contributed by atoms with Gasteiger partial charge in [-0.25, -0.2) is 0 Å². The van der Waals surface area contributed by atoms with Crippen LogP contribution in [0.15, 0.2) is 12.2 Å². The number of carbonyl (C=O) groups excluding carboxylic acids is 2. The van der Waals surface area contributed by atoms with E-state index in [9.17, 15) is 9.59 Å². The van der Waals surface area contributed by atoms with Crippen molar-refractivity contribution in [3.8, 4) is 0 Å². The standard InChI is InChI=1S/C13H19NO2/c1-14-12(16)4-2-3-10-9-13(10)7-5-11(15)6-8-13/h2-3,10H,4-9H2,1H3,(H,14,16)/b3-2+. The molecule has 0 aromatic carbocycles. The molecule has 3 heteroatoms. The maximum atomic E-state index is 11.2. The Kier molecular flexibility index (Phi) is 3.13. The normalized spacial score (nSPS) is 27.3. The van der Waals surface area contributed by atoms with E-state index in [1.165, 1.54) is 6.42 Å². The van der Waals surface area contributed by atoms with E-state index in [0.717, 1.165) is 25.7 Å². The Morgan fingerprint density at radius 3 is 2.81 bits per heavy atom. The summed E-state index contributed by atoms with van der Waals surface area (Å²) in [6.45, 7) is 0. The van der Waals surface area contributed by atoms with E-state index in [0.29, 0.717) is 23.5 Å². The van der Waals surface area contributed by atoms with Gasteiger partial charge in [0.05, 0.1) is 0 Å². The number of rotatable bonds is 3. The van der Waals surface area contributed by atoms with Crippen molar-refractivity contribution >= 4 is 11.7 Å². The van der Waals surface area contributed by atoms with E-state index in [2.05, 4.69) is 11.4 Å². The number of hydrogen-bond acceptors (Lipinski definition) is 2. The van der Waals surface area contributed by atoms with Crippen molar-refractivity contribution in [3.63, 3.8) is 0 Å². The molecular weight excluding hydrogens is 202 g/mol. The zero-order chi connectivity index (χ0) is 11.6. The van der Waals surface area contributed by atoms with Crippen LogP contribution >= 0.6 is 0 Å². The van der Waals surface area contributed by atoms with E-state index in [1.54, 1.807) is 7.05 Å². The third-order valence-corrected chi connectivity index (χ3v) is 4.01. The number of allylic oxidation sites excluding steroid dienone is 1. The molecule has 88 valence electrons. The zero-order valence-electron chi connectivity index (χ0n) is 9.79. The number of ketones is 1. The first-order valence-electron chi connectivity index (χ1n) is 6.05. The van der Waals surface area contributed by atoms with Crippen LogP contribution in [-0.4, -0.2) is 18.7 Å². The average Bonchev–Trinajstić information content (AvgIpc) is 2.96. The Bertz CT molecular complexity index is 323. The predicted octanol–water partition coefficient (Wildman–Crippen LogP) is 1.83.